The molecule has 0 spiro atoms. The third-order valence-corrected chi connectivity index (χ3v) is 2.70. The van der Waals surface area contributed by atoms with Crippen molar-refractivity contribution < 1.29 is 9.53 Å². The zero-order valence-corrected chi connectivity index (χ0v) is 11.3. The number of aryl methyl sites for hydroxylation is 2. The van der Waals surface area contributed by atoms with Crippen molar-refractivity contribution in [1.82, 2.24) is 4.98 Å². The highest BCUT2D eigenvalue weighted by atomic mass is 35.5. The average molecular weight is 256 g/mol. The monoisotopic (exact) mass is 255 g/mol. The molecule has 1 heterocycles. The summed E-state index contributed by atoms with van der Waals surface area (Å²) in [6, 6.07) is 1.70. The quantitative estimate of drug-likeness (QED) is 0.597. The van der Waals surface area contributed by atoms with Crippen LogP contribution in [-0.4, -0.2) is 17.6 Å². The van der Waals surface area contributed by atoms with E-state index >= 15 is 0 Å². The number of hydrogen-bond acceptors (Lipinski definition) is 3. The van der Waals surface area contributed by atoms with Crippen molar-refractivity contribution in [3.8, 4) is 0 Å². The van der Waals surface area contributed by atoms with Gasteiger partial charge >= 0.3 is 5.97 Å². The molecule has 0 atom stereocenters. The summed E-state index contributed by atoms with van der Waals surface area (Å²) < 4.78 is 5.05. The third kappa shape index (κ3) is 3.70. The van der Waals surface area contributed by atoms with Crippen LogP contribution in [-0.2, 0) is 11.2 Å². The summed E-state index contributed by atoms with van der Waals surface area (Å²) in [4.78, 5) is 16.1. The van der Waals surface area contributed by atoms with E-state index in [0.29, 0.717) is 17.3 Å². The number of hydrogen-bond donors (Lipinski definition) is 0. The molecule has 0 bridgehead atoms. The highest BCUT2D eigenvalue weighted by Gasteiger charge is 2.17. The van der Waals surface area contributed by atoms with Gasteiger partial charge in [0.25, 0.3) is 0 Å². The summed E-state index contributed by atoms with van der Waals surface area (Å²) in [7, 11) is 0. The van der Waals surface area contributed by atoms with E-state index in [0.717, 1.165) is 30.5 Å². The number of esters is 1. The minimum Gasteiger partial charge on any atom is -0.462 e. The highest BCUT2D eigenvalue weighted by molar-refractivity contribution is 6.29. The summed E-state index contributed by atoms with van der Waals surface area (Å²) in [5.41, 5.74) is 2.15. The molecule has 0 aliphatic rings. The van der Waals surface area contributed by atoms with Crippen LogP contribution in [0.4, 0.5) is 0 Å². The standard InChI is InChI=1S/C13H18ClNO2/c1-4-6-7-10-12(13(16)17-5-2)9(3)8-11(14)15-10/h8H,4-7H2,1-3H3. The van der Waals surface area contributed by atoms with E-state index < -0.39 is 0 Å². The lowest BCUT2D eigenvalue weighted by atomic mass is 10.0. The molecule has 4 heteroatoms. The van der Waals surface area contributed by atoms with Crippen LogP contribution < -0.4 is 0 Å². The zero-order chi connectivity index (χ0) is 12.8. The lowest BCUT2D eigenvalue weighted by Gasteiger charge is -2.11. The van der Waals surface area contributed by atoms with Crippen LogP contribution in [0.1, 0.15) is 48.3 Å². The molecule has 17 heavy (non-hydrogen) atoms. The van der Waals surface area contributed by atoms with Gasteiger partial charge in [-0.25, -0.2) is 9.78 Å². The van der Waals surface area contributed by atoms with Gasteiger partial charge in [0, 0.05) is 0 Å². The van der Waals surface area contributed by atoms with Crippen LogP contribution in [0.3, 0.4) is 0 Å². The Balaban J connectivity index is 3.10. The maximum Gasteiger partial charge on any atom is 0.340 e. The fraction of sp³-hybridized carbons (Fsp3) is 0.538. The first kappa shape index (κ1) is 14.0. The summed E-state index contributed by atoms with van der Waals surface area (Å²) in [5.74, 6) is -0.305. The van der Waals surface area contributed by atoms with E-state index in [1.165, 1.54) is 0 Å². The maximum absolute atomic E-state index is 11.9. The Kier molecular flexibility index (Phi) is 5.42. The van der Waals surface area contributed by atoms with Crippen LogP contribution in [0, 0.1) is 6.92 Å². The predicted molar refractivity (Wildman–Crippen MR) is 68.6 cm³/mol. The molecule has 0 amide bonds. The number of nitrogens with zero attached hydrogens (tertiary/aromatic N) is 1. The molecule has 0 aliphatic carbocycles. The molecule has 3 nitrogen and oxygen atoms in total. The zero-order valence-electron chi connectivity index (χ0n) is 10.5. The molecule has 0 radical (unpaired) electrons. The summed E-state index contributed by atoms with van der Waals surface area (Å²) in [5, 5.41) is 0.432. The lowest BCUT2D eigenvalue weighted by Crippen LogP contribution is -2.12. The van der Waals surface area contributed by atoms with Crippen molar-refractivity contribution in [3.63, 3.8) is 0 Å². The highest BCUT2D eigenvalue weighted by Crippen LogP contribution is 2.20. The number of pyridine rings is 1. The number of carbonyl (C=O) groups excluding carboxylic acids is 1. The second kappa shape index (κ2) is 6.60. The van der Waals surface area contributed by atoms with Crippen molar-refractivity contribution in [3.05, 3.63) is 28.0 Å². The fourth-order valence-corrected chi connectivity index (χ4v) is 1.97. The fourth-order valence-electron chi connectivity index (χ4n) is 1.70. The van der Waals surface area contributed by atoms with E-state index in [2.05, 4.69) is 11.9 Å². The molecular weight excluding hydrogens is 238 g/mol. The lowest BCUT2D eigenvalue weighted by molar-refractivity contribution is 0.0523. The molecular formula is C13H18ClNO2. The van der Waals surface area contributed by atoms with E-state index in [-0.39, 0.29) is 5.97 Å². The Hall–Kier alpha value is -1.09. The molecule has 0 fully saturated rings. The largest absolute Gasteiger partial charge is 0.462 e. The molecule has 94 valence electrons. The van der Waals surface area contributed by atoms with Gasteiger partial charge in [0.1, 0.15) is 5.15 Å². The summed E-state index contributed by atoms with van der Waals surface area (Å²) in [6.45, 7) is 6.12. The van der Waals surface area contributed by atoms with Crippen molar-refractivity contribution in [2.45, 2.75) is 40.0 Å². The van der Waals surface area contributed by atoms with E-state index in [1.807, 2.05) is 6.92 Å². The topological polar surface area (TPSA) is 39.2 Å². The second-order valence-electron chi connectivity index (χ2n) is 3.91. The third-order valence-electron chi connectivity index (χ3n) is 2.51. The van der Waals surface area contributed by atoms with Gasteiger partial charge in [0.15, 0.2) is 0 Å². The van der Waals surface area contributed by atoms with Crippen LogP contribution in [0.2, 0.25) is 5.15 Å². The van der Waals surface area contributed by atoms with Crippen molar-refractivity contribution >= 4 is 17.6 Å². The van der Waals surface area contributed by atoms with Gasteiger partial charge in [-0.05, 0) is 38.3 Å². The Morgan fingerprint density at radius 2 is 2.18 bits per heavy atom. The van der Waals surface area contributed by atoms with Crippen molar-refractivity contribution in [1.29, 1.82) is 0 Å². The maximum atomic E-state index is 11.9. The summed E-state index contributed by atoms with van der Waals surface area (Å²) in [6.07, 6.45) is 2.79. The molecule has 0 saturated heterocycles. The predicted octanol–water partition coefficient (Wildman–Crippen LogP) is 3.56. The van der Waals surface area contributed by atoms with E-state index in [4.69, 9.17) is 16.3 Å². The minimum atomic E-state index is -0.305. The van der Waals surface area contributed by atoms with Gasteiger partial charge in [0.05, 0.1) is 17.9 Å². The first-order valence-electron chi connectivity index (χ1n) is 5.93. The Labute approximate surface area is 107 Å². The second-order valence-corrected chi connectivity index (χ2v) is 4.29. The Bertz CT molecular complexity index is 405. The van der Waals surface area contributed by atoms with Gasteiger partial charge in [-0.2, -0.15) is 0 Å². The molecule has 0 aliphatic heterocycles. The van der Waals surface area contributed by atoms with Crippen LogP contribution in [0.25, 0.3) is 0 Å². The Morgan fingerprint density at radius 3 is 2.76 bits per heavy atom. The minimum absolute atomic E-state index is 0.305. The molecule has 0 unspecified atom stereocenters. The average Bonchev–Trinajstić information content (AvgIpc) is 2.25. The molecule has 1 aromatic rings. The van der Waals surface area contributed by atoms with Crippen LogP contribution in [0.5, 0.6) is 0 Å². The number of aromatic nitrogens is 1. The number of carbonyl (C=O) groups is 1. The number of ether oxygens (including phenoxy) is 1. The van der Waals surface area contributed by atoms with Crippen LogP contribution in [0.15, 0.2) is 6.07 Å². The SMILES string of the molecule is CCCCc1nc(Cl)cc(C)c1C(=O)OCC. The van der Waals surface area contributed by atoms with Gasteiger partial charge in [-0.15, -0.1) is 0 Å². The van der Waals surface area contributed by atoms with Gasteiger partial charge in [0.2, 0.25) is 0 Å². The van der Waals surface area contributed by atoms with Crippen molar-refractivity contribution in [2.24, 2.45) is 0 Å². The molecule has 1 rings (SSSR count). The van der Waals surface area contributed by atoms with Crippen molar-refractivity contribution in [2.75, 3.05) is 6.61 Å². The Morgan fingerprint density at radius 1 is 1.47 bits per heavy atom. The van der Waals surface area contributed by atoms with Gasteiger partial charge in [-0.1, -0.05) is 24.9 Å². The number of unbranched alkanes of at least 4 members (excludes halogenated alkanes) is 1. The number of rotatable bonds is 5. The first-order valence-corrected chi connectivity index (χ1v) is 6.31. The smallest absolute Gasteiger partial charge is 0.340 e. The summed E-state index contributed by atoms with van der Waals surface area (Å²) >= 11 is 5.92. The van der Waals surface area contributed by atoms with Gasteiger partial charge in [-0.3, -0.25) is 0 Å². The van der Waals surface area contributed by atoms with Crippen LogP contribution >= 0.6 is 11.6 Å². The number of halogens is 1. The van der Waals surface area contributed by atoms with E-state index in [9.17, 15) is 4.79 Å². The molecule has 0 saturated carbocycles. The first-order chi connectivity index (χ1) is 8.10. The molecule has 0 N–H and O–H groups in total. The van der Waals surface area contributed by atoms with Gasteiger partial charge < -0.3 is 4.74 Å². The molecule has 0 aromatic carbocycles. The molecule has 1 aromatic heterocycles. The normalized spacial score (nSPS) is 10.4. The van der Waals surface area contributed by atoms with E-state index in [1.54, 1.807) is 13.0 Å².